The first kappa shape index (κ1) is 14.3. The SMILES string of the molecule is CCCCOC(=O)Cn1cccc(OCC)c1=O. The average molecular weight is 253 g/mol. The standard InChI is InChI=1S/C13H19NO4/c1-3-5-9-18-12(15)10-14-8-6-7-11(13(14)16)17-4-2/h6-8H,3-5,9-10H2,1-2H3. The minimum atomic E-state index is -0.404. The summed E-state index contributed by atoms with van der Waals surface area (Å²) in [6.07, 6.45) is 3.35. The largest absolute Gasteiger partial charge is 0.488 e. The summed E-state index contributed by atoms with van der Waals surface area (Å²) in [5.41, 5.74) is -0.313. The van der Waals surface area contributed by atoms with Crippen LogP contribution >= 0.6 is 0 Å². The van der Waals surface area contributed by atoms with Gasteiger partial charge in [-0.25, -0.2) is 0 Å². The van der Waals surface area contributed by atoms with Crippen LogP contribution in [0.3, 0.4) is 0 Å². The van der Waals surface area contributed by atoms with Crippen molar-refractivity contribution in [2.45, 2.75) is 33.2 Å². The fourth-order valence-corrected chi connectivity index (χ4v) is 1.42. The maximum Gasteiger partial charge on any atom is 0.326 e. The van der Waals surface area contributed by atoms with Crippen molar-refractivity contribution in [1.29, 1.82) is 0 Å². The van der Waals surface area contributed by atoms with Gasteiger partial charge >= 0.3 is 5.97 Å². The van der Waals surface area contributed by atoms with Gasteiger partial charge in [-0.2, -0.15) is 0 Å². The fourth-order valence-electron chi connectivity index (χ4n) is 1.42. The van der Waals surface area contributed by atoms with Crippen LogP contribution in [0.15, 0.2) is 23.1 Å². The van der Waals surface area contributed by atoms with E-state index < -0.39 is 5.97 Å². The number of unbranched alkanes of at least 4 members (excludes halogenated alkanes) is 1. The normalized spacial score (nSPS) is 10.1. The topological polar surface area (TPSA) is 57.5 Å². The van der Waals surface area contributed by atoms with E-state index in [4.69, 9.17) is 9.47 Å². The number of ether oxygens (including phenoxy) is 2. The first-order valence-electron chi connectivity index (χ1n) is 6.16. The summed E-state index contributed by atoms with van der Waals surface area (Å²) in [5, 5.41) is 0. The molecule has 0 radical (unpaired) electrons. The van der Waals surface area contributed by atoms with Crippen molar-refractivity contribution in [3.63, 3.8) is 0 Å². The predicted molar refractivity (Wildman–Crippen MR) is 67.7 cm³/mol. The minimum Gasteiger partial charge on any atom is -0.488 e. The van der Waals surface area contributed by atoms with Crippen molar-refractivity contribution >= 4 is 5.97 Å². The zero-order valence-corrected chi connectivity index (χ0v) is 10.8. The second kappa shape index (κ2) is 7.53. The molecule has 0 aliphatic heterocycles. The molecule has 0 N–H and O–H groups in total. The van der Waals surface area contributed by atoms with Gasteiger partial charge in [0.05, 0.1) is 13.2 Å². The Bertz CT molecular complexity index is 439. The van der Waals surface area contributed by atoms with Crippen LogP contribution in [-0.2, 0) is 16.1 Å². The molecular weight excluding hydrogens is 234 g/mol. The highest BCUT2D eigenvalue weighted by Gasteiger charge is 2.08. The number of pyridine rings is 1. The molecule has 0 aliphatic carbocycles. The van der Waals surface area contributed by atoms with Gasteiger partial charge in [0, 0.05) is 6.20 Å². The lowest BCUT2D eigenvalue weighted by atomic mass is 10.4. The van der Waals surface area contributed by atoms with Gasteiger partial charge in [-0.1, -0.05) is 13.3 Å². The van der Waals surface area contributed by atoms with Crippen molar-refractivity contribution in [1.82, 2.24) is 4.57 Å². The molecule has 1 aromatic rings. The van der Waals surface area contributed by atoms with Crippen molar-refractivity contribution in [3.8, 4) is 5.75 Å². The van der Waals surface area contributed by atoms with Gasteiger partial charge < -0.3 is 14.0 Å². The Balaban J connectivity index is 2.64. The number of carbonyl (C=O) groups is 1. The first-order valence-corrected chi connectivity index (χ1v) is 6.16. The third kappa shape index (κ3) is 4.24. The van der Waals surface area contributed by atoms with Crippen LogP contribution in [0, 0.1) is 0 Å². The molecule has 1 rings (SSSR count). The molecule has 0 bridgehead atoms. The molecule has 18 heavy (non-hydrogen) atoms. The molecule has 1 heterocycles. The third-order valence-corrected chi connectivity index (χ3v) is 2.35. The van der Waals surface area contributed by atoms with Crippen molar-refractivity contribution in [2.24, 2.45) is 0 Å². The minimum absolute atomic E-state index is 0.0799. The summed E-state index contributed by atoms with van der Waals surface area (Å²) in [6.45, 7) is 4.55. The van der Waals surface area contributed by atoms with Gasteiger partial charge in [0.15, 0.2) is 5.75 Å². The highest BCUT2D eigenvalue weighted by atomic mass is 16.5. The predicted octanol–water partition coefficient (Wildman–Crippen LogP) is 1.59. The van der Waals surface area contributed by atoms with Crippen molar-refractivity contribution < 1.29 is 14.3 Å². The number of nitrogens with zero attached hydrogens (tertiary/aromatic N) is 1. The van der Waals surface area contributed by atoms with E-state index >= 15 is 0 Å². The van der Waals surface area contributed by atoms with Crippen molar-refractivity contribution in [3.05, 3.63) is 28.7 Å². The quantitative estimate of drug-likeness (QED) is 0.547. The van der Waals surface area contributed by atoms with Gasteiger partial charge in [-0.05, 0) is 25.5 Å². The zero-order valence-electron chi connectivity index (χ0n) is 10.8. The molecule has 0 unspecified atom stereocenters. The van der Waals surface area contributed by atoms with Crippen LogP contribution in [-0.4, -0.2) is 23.8 Å². The second-order valence-electron chi connectivity index (χ2n) is 3.81. The highest BCUT2D eigenvalue weighted by Crippen LogP contribution is 2.01. The molecule has 5 nitrogen and oxygen atoms in total. The molecular formula is C13H19NO4. The lowest BCUT2D eigenvalue weighted by Crippen LogP contribution is -2.26. The molecule has 0 aliphatic rings. The van der Waals surface area contributed by atoms with Crippen LogP contribution in [0.1, 0.15) is 26.7 Å². The van der Waals surface area contributed by atoms with Crippen LogP contribution in [0.25, 0.3) is 0 Å². The van der Waals surface area contributed by atoms with E-state index in [1.165, 1.54) is 4.57 Å². The fraction of sp³-hybridized carbons (Fsp3) is 0.538. The summed E-state index contributed by atoms with van der Waals surface area (Å²) in [7, 11) is 0. The van der Waals surface area contributed by atoms with Crippen LogP contribution in [0.4, 0.5) is 0 Å². The molecule has 0 fully saturated rings. The number of hydrogen-bond acceptors (Lipinski definition) is 4. The number of aromatic nitrogens is 1. The highest BCUT2D eigenvalue weighted by molar-refractivity contribution is 5.69. The van der Waals surface area contributed by atoms with Gasteiger partial charge in [0.1, 0.15) is 6.54 Å². The molecule has 100 valence electrons. The third-order valence-electron chi connectivity index (χ3n) is 2.35. The smallest absolute Gasteiger partial charge is 0.326 e. The summed E-state index contributed by atoms with van der Waals surface area (Å²) in [6, 6.07) is 3.26. The number of rotatable bonds is 7. The van der Waals surface area contributed by atoms with E-state index in [1.54, 1.807) is 25.3 Å². The Labute approximate surface area is 106 Å². The van der Waals surface area contributed by atoms with E-state index in [1.807, 2.05) is 6.92 Å². The molecule has 5 heteroatoms. The summed E-state index contributed by atoms with van der Waals surface area (Å²) in [4.78, 5) is 23.3. The monoisotopic (exact) mass is 253 g/mol. The Kier molecular flexibility index (Phi) is 5.97. The molecule has 0 saturated heterocycles. The van der Waals surface area contributed by atoms with E-state index in [2.05, 4.69) is 0 Å². The zero-order chi connectivity index (χ0) is 13.4. The number of hydrogen-bond donors (Lipinski definition) is 0. The number of carbonyl (C=O) groups excluding carboxylic acids is 1. The summed E-state index contributed by atoms with van der Waals surface area (Å²) >= 11 is 0. The second-order valence-corrected chi connectivity index (χ2v) is 3.81. The molecule has 0 atom stereocenters. The molecule has 0 aromatic carbocycles. The molecule has 0 saturated carbocycles. The van der Waals surface area contributed by atoms with Gasteiger partial charge in [-0.15, -0.1) is 0 Å². The van der Waals surface area contributed by atoms with Gasteiger partial charge in [0.25, 0.3) is 5.56 Å². The van der Waals surface area contributed by atoms with E-state index in [0.717, 1.165) is 12.8 Å². The van der Waals surface area contributed by atoms with E-state index in [0.29, 0.717) is 13.2 Å². The Morgan fingerprint density at radius 2 is 2.17 bits per heavy atom. The van der Waals surface area contributed by atoms with Crippen LogP contribution in [0.5, 0.6) is 5.75 Å². The Morgan fingerprint density at radius 1 is 1.39 bits per heavy atom. The van der Waals surface area contributed by atoms with Gasteiger partial charge in [-0.3, -0.25) is 9.59 Å². The Morgan fingerprint density at radius 3 is 2.83 bits per heavy atom. The lowest BCUT2D eigenvalue weighted by molar-refractivity contribution is -0.144. The van der Waals surface area contributed by atoms with Gasteiger partial charge in [0.2, 0.25) is 0 Å². The lowest BCUT2D eigenvalue weighted by Gasteiger charge is -2.08. The molecule has 0 spiro atoms. The summed E-state index contributed by atoms with van der Waals surface area (Å²) in [5.74, 6) is -0.152. The molecule has 0 amide bonds. The van der Waals surface area contributed by atoms with Crippen LogP contribution < -0.4 is 10.3 Å². The Hall–Kier alpha value is -1.78. The number of esters is 1. The van der Waals surface area contributed by atoms with E-state index in [-0.39, 0.29) is 17.9 Å². The van der Waals surface area contributed by atoms with E-state index in [9.17, 15) is 9.59 Å². The summed E-state index contributed by atoms with van der Waals surface area (Å²) < 4.78 is 11.5. The first-order chi connectivity index (χ1) is 8.69. The maximum atomic E-state index is 11.9. The molecule has 1 aromatic heterocycles. The van der Waals surface area contributed by atoms with Crippen molar-refractivity contribution in [2.75, 3.05) is 13.2 Å². The maximum absolute atomic E-state index is 11.9. The van der Waals surface area contributed by atoms with Crippen LogP contribution in [0.2, 0.25) is 0 Å². The average Bonchev–Trinajstić information content (AvgIpc) is 2.35.